The van der Waals surface area contributed by atoms with E-state index in [-0.39, 0.29) is 17.6 Å². The van der Waals surface area contributed by atoms with Crippen LogP contribution in [-0.2, 0) is 9.59 Å². The molecule has 0 bridgehead atoms. The fourth-order valence-electron chi connectivity index (χ4n) is 4.24. The highest BCUT2D eigenvalue weighted by atomic mass is 32.1. The maximum atomic E-state index is 13.1. The fraction of sp³-hybridized carbons (Fsp3) is 0.600. The van der Waals surface area contributed by atoms with Gasteiger partial charge in [-0.3, -0.25) is 14.9 Å². The van der Waals surface area contributed by atoms with E-state index >= 15 is 0 Å². The molecule has 6 nitrogen and oxygen atoms in total. The van der Waals surface area contributed by atoms with Crippen molar-refractivity contribution in [1.82, 2.24) is 15.1 Å². The van der Waals surface area contributed by atoms with Crippen LogP contribution in [0.4, 0.5) is 9.52 Å². The van der Waals surface area contributed by atoms with Crippen molar-refractivity contribution in [3.63, 3.8) is 0 Å². The van der Waals surface area contributed by atoms with Gasteiger partial charge in [-0.25, -0.2) is 4.39 Å². The Hall–Kier alpha value is -2.35. The van der Waals surface area contributed by atoms with Crippen LogP contribution >= 0.6 is 11.3 Å². The summed E-state index contributed by atoms with van der Waals surface area (Å²) in [7, 11) is 0. The van der Waals surface area contributed by atoms with Gasteiger partial charge in [0.05, 0.1) is 0 Å². The lowest BCUT2D eigenvalue weighted by molar-refractivity contribution is -0.136. The molecular formula is C25H35FN4O2S. The number of rotatable bonds is 13. The Morgan fingerprint density at radius 3 is 2.39 bits per heavy atom. The number of likely N-dealkylation sites (tertiary alicyclic amines) is 1. The number of hydrogen-bond acceptors (Lipinski definition) is 5. The minimum absolute atomic E-state index is 0.0693. The average molecular weight is 475 g/mol. The Labute approximate surface area is 200 Å². The number of unbranched alkanes of at least 4 members (excludes halogenated alkanes) is 8. The zero-order valence-electron chi connectivity index (χ0n) is 19.5. The highest BCUT2D eigenvalue weighted by Gasteiger charge is 2.34. The Balaban J connectivity index is 1.40. The van der Waals surface area contributed by atoms with Gasteiger partial charge in [-0.2, -0.15) is 0 Å². The van der Waals surface area contributed by atoms with E-state index in [1.54, 1.807) is 17.0 Å². The molecule has 0 aliphatic carbocycles. The predicted molar refractivity (Wildman–Crippen MR) is 131 cm³/mol. The molecule has 1 aliphatic heterocycles. The Kier molecular flexibility index (Phi) is 10.2. The second-order valence-corrected chi connectivity index (χ2v) is 9.71. The van der Waals surface area contributed by atoms with Gasteiger partial charge in [-0.1, -0.05) is 69.6 Å². The molecule has 0 saturated carbocycles. The van der Waals surface area contributed by atoms with Crippen molar-refractivity contribution < 1.29 is 14.0 Å². The predicted octanol–water partition coefficient (Wildman–Crippen LogP) is 6.19. The number of nitrogens with zero attached hydrogens (tertiary/aromatic N) is 3. The zero-order chi connectivity index (χ0) is 23.5. The lowest BCUT2D eigenvalue weighted by Gasteiger charge is -2.23. The van der Waals surface area contributed by atoms with Gasteiger partial charge in [0, 0.05) is 18.5 Å². The number of aromatic nitrogens is 2. The molecule has 0 spiro atoms. The third-order valence-electron chi connectivity index (χ3n) is 6.12. The molecule has 1 atom stereocenters. The van der Waals surface area contributed by atoms with E-state index in [9.17, 15) is 14.0 Å². The van der Waals surface area contributed by atoms with Gasteiger partial charge in [0.2, 0.25) is 16.9 Å². The van der Waals surface area contributed by atoms with Gasteiger partial charge in [0.25, 0.3) is 0 Å². The molecule has 180 valence electrons. The van der Waals surface area contributed by atoms with E-state index in [0.29, 0.717) is 29.5 Å². The summed E-state index contributed by atoms with van der Waals surface area (Å²) >= 11 is 1.24. The number of halogens is 1. The van der Waals surface area contributed by atoms with E-state index in [2.05, 4.69) is 22.4 Å². The molecule has 1 aliphatic rings. The lowest BCUT2D eigenvalue weighted by atomic mass is 10.1. The summed E-state index contributed by atoms with van der Waals surface area (Å²) in [6.45, 7) is 2.86. The smallest absolute Gasteiger partial charge is 0.249 e. The van der Waals surface area contributed by atoms with Crippen LogP contribution in [0.15, 0.2) is 24.3 Å². The summed E-state index contributed by atoms with van der Waals surface area (Å²) in [5, 5.41) is 11.9. The first-order valence-corrected chi connectivity index (χ1v) is 13.1. The monoisotopic (exact) mass is 474 g/mol. The molecule has 8 heteroatoms. The van der Waals surface area contributed by atoms with Crippen LogP contribution < -0.4 is 5.32 Å². The van der Waals surface area contributed by atoms with Crippen LogP contribution in [0.1, 0.15) is 84.0 Å². The van der Waals surface area contributed by atoms with Crippen molar-refractivity contribution in [2.75, 3.05) is 11.9 Å². The van der Waals surface area contributed by atoms with E-state index < -0.39 is 6.04 Å². The topological polar surface area (TPSA) is 75.2 Å². The second kappa shape index (κ2) is 13.4. The molecule has 1 aromatic carbocycles. The Morgan fingerprint density at radius 1 is 1.03 bits per heavy atom. The summed E-state index contributed by atoms with van der Waals surface area (Å²) in [5.41, 5.74) is 0.744. The molecule has 0 radical (unpaired) electrons. The number of nitrogens with one attached hydrogen (secondary N) is 1. The van der Waals surface area contributed by atoms with Crippen LogP contribution in [0, 0.1) is 5.82 Å². The number of amides is 2. The minimum Gasteiger partial charge on any atom is -0.331 e. The highest BCUT2D eigenvalue weighted by molar-refractivity contribution is 7.18. The number of carbonyl (C=O) groups excluding carboxylic acids is 2. The molecule has 2 heterocycles. The van der Waals surface area contributed by atoms with Gasteiger partial charge in [-0.05, 0) is 43.5 Å². The third-order valence-corrected chi connectivity index (χ3v) is 7.00. The lowest BCUT2D eigenvalue weighted by Crippen LogP contribution is -2.43. The van der Waals surface area contributed by atoms with Crippen molar-refractivity contribution in [1.29, 1.82) is 0 Å². The van der Waals surface area contributed by atoms with E-state index in [0.717, 1.165) is 24.8 Å². The maximum Gasteiger partial charge on any atom is 0.249 e. The van der Waals surface area contributed by atoms with Crippen molar-refractivity contribution >= 4 is 28.3 Å². The summed E-state index contributed by atoms with van der Waals surface area (Å²) in [4.78, 5) is 27.3. The van der Waals surface area contributed by atoms with Crippen LogP contribution in [0.25, 0.3) is 10.6 Å². The number of anilines is 1. The van der Waals surface area contributed by atoms with Crippen LogP contribution in [-0.4, -0.2) is 39.5 Å². The number of carbonyl (C=O) groups is 2. The standard InChI is InChI=1S/C25H35FN4O2S/c1-2-3-4-5-6-7-8-9-10-13-22(31)30-18-11-12-21(30)23(32)27-25-29-28-24(33-25)19-14-16-20(26)17-15-19/h14-17,21H,2-13,18H2,1H3,(H,27,29,32). The second-order valence-electron chi connectivity index (χ2n) is 8.73. The third kappa shape index (κ3) is 7.88. The van der Waals surface area contributed by atoms with Crippen LogP contribution in [0.5, 0.6) is 0 Å². The first-order chi connectivity index (χ1) is 16.1. The van der Waals surface area contributed by atoms with Gasteiger partial charge in [0.1, 0.15) is 16.9 Å². The van der Waals surface area contributed by atoms with Gasteiger partial charge in [-0.15, -0.1) is 10.2 Å². The maximum absolute atomic E-state index is 13.1. The minimum atomic E-state index is -0.450. The fourth-order valence-corrected chi connectivity index (χ4v) is 4.99. The van der Waals surface area contributed by atoms with Crippen LogP contribution in [0.3, 0.4) is 0 Å². The summed E-state index contributed by atoms with van der Waals surface area (Å²) in [6.07, 6.45) is 12.9. The normalized spacial score (nSPS) is 15.7. The molecular weight excluding hydrogens is 439 g/mol. The molecule has 1 unspecified atom stereocenters. The molecule has 1 fully saturated rings. The summed E-state index contributed by atoms with van der Waals surface area (Å²) < 4.78 is 13.1. The van der Waals surface area contributed by atoms with E-state index in [1.807, 2.05) is 0 Å². The molecule has 3 rings (SSSR count). The van der Waals surface area contributed by atoms with Gasteiger partial charge in [0.15, 0.2) is 0 Å². The number of benzene rings is 1. The van der Waals surface area contributed by atoms with Crippen molar-refractivity contribution in [2.45, 2.75) is 90.0 Å². The van der Waals surface area contributed by atoms with Gasteiger partial charge >= 0.3 is 0 Å². The van der Waals surface area contributed by atoms with Crippen molar-refractivity contribution in [2.24, 2.45) is 0 Å². The highest BCUT2D eigenvalue weighted by Crippen LogP contribution is 2.27. The van der Waals surface area contributed by atoms with Crippen molar-refractivity contribution in [3.8, 4) is 10.6 Å². The Morgan fingerprint density at radius 2 is 1.70 bits per heavy atom. The largest absolute Gasteiger partial charge is 0.331 e. The molecule has 2 aromatic rings. The molecule has 2 amide bonds. The first-order valence-electron chi connectivity index (χ1n) is 12.3. The van der Waals surface area contributed by atoms with E-state index in [1.165, 1.54) is 68.4 Å². The quantitative estimate of drug-likeness (QED) is 0.351. The van der Waals surface area contributed by atoms with E-state index in [4.69, 9.17) is 0 Å². The zero-order valence-corrected chi connectivity index (χ0v) is 20.3. The average Bonchev–Trinajstić information content (AvgIpc) is 3.48. The van der Waals surface area contributed by atoms with Crippen LogP contribution in [0.2, 0.25) is 0 Å². The van der Waals surface area contributed by atoms with Crippen molar-refractivity contribution in [3.05, 3.63) is 30.1 Å². The summed E-state index contributed by atoms with van der Waals surface area (Å²) in [6, 6.07) is 5.54. The SMILES string of the molecule is CCCCCCCCCCCC(=O)N1CCCC1C(=O)Nc1nnc(-c2ccc(F)cc2)s1. The first kappa shape index (κ1) is 25.3. The Bertz CT molecular complexity index is 887. The molecule has 1 aromatic heterocycles. The molecule has 33 heavy (non-hydrogen) atoms. The summed E-state index contributed by atoms with van der Waals surface area (Å²) in [5.74, 6) is -0.459. The molecule has 1 saturated heterocycles. The number of hydrogen-bond donors (Lipinski definition) is 1. The van der Waals surface area contributed by atoms with Gasteiger partial charge < -0.3 is 4.90 Å². The molecule has 1 N–H and O–H groups in total.